The lowest BCUT2D eigenvalue weighted by Gasteiger charge is -2.36. The number of nitrogens with zero attached hydrogens (tertiary/aromatic N) is 6. The first-order valence-electron chi connectivity index (χ1n) is 10.7. The summed E-state index contributed by atoms with van der Waals surface area (Å²) < 4.78 is 15.6. The zero-order valence-electron chi connectivity index (χ0n) is 18.1. The van der Waals surface area contributed by atoms with Crippen LogP contribution in [-0.2, 0) is 16.1 Å². The van der Waals surface area contributed by atoms with E-state index in [1.54, 1.807) is 27.7 Å². The molecular weight excluding hydrogens is 459 g/mol. The molecule has 5 rings (SSSR count). The van der Waals surface area contributed by atoms with Gasteiger partial charge in [0.1, 0.15) is 17.9 Å². The Balaban J connectivity index is 1.27. The van der Waals surface area contributed by atoms with Crippen molar-refractivity contribution in [3.05, 3.63) is 54.3 Å². The van der Waals surface area contributed by atoms with Crippen LogP contribution >= 0.6 is 11.8 Å². The molecular formula is C23H21FN6O3S. The zero-order valence-corrected chi connectivity index (χ0v) is 18.9. The van der Waals surface area contributed by atoms with Gasteiger partial charge >= 0.3 is 5.97 Å². The Morgan fingerprint density at radius 3 is 2.50 bits per heavy atom. The Kier molecular flexibility index (Phi) is 6.01. The number of fused-ring (bicyclic) bond motifs is 3. The highest BCUT2D eigenvalue weighted by Crippen LogP contribution is 2.27. The minimum absolute atomic E-state index is 0.0621. The predicted molar refractivity (Wildman–Crippen MR) is 126 cm³/mol. The summed E-state index contributed by atoms with van der Waals surface area (Å²) in [5.41, 5.74) is 2.21. The van der Waals surface area contributed by atoms with E-state index in [2.05, 4.69) is 15.2 Å². The Labute approximate surface area is 198 Å². The Hall–Kier alpha value is -3.73. The van der Waals surface area contributed by atoms with Crippen molar-refractivity contribution in [1.29, 1.82) is 0 Å². The first-order chi connectivity index (χ1) is 16.5. The molecule has 2 aromatic heterocycles. The van der Waals surface area contributed by atoms with Gasteiger partial charge in [-0.15, -0.1) is 10.2 Å². The topological polar surface area (TPSA) is 104 Å². The first-order valence-corrected chi connectivity index (χ1v) is 11.7. The number of benzene rings is 2. The van der Waals surface area contributed by atoms with Crippen molar-refractivity contribution in [3.63, 3.8) is 0 Å². The Morgan fingerprint density at radius 1 is 1.00 bits per heavy atom. The Bertz CT molecular complexity index is 1390. The number of carbonyl (C=O) groups excluding carboxylic acids is 1. The van der Waals surface area contributed by atoms with Crippen LogP contribution in [0.15, 0.2) is 53.7 Å². The number of amides is 1. The number of rotatable bonds is 6. The van der Waals surface area contributed by atoms with E-state index in [0.29, 0.717) is 53.7 Å². The zero-order chi connectivity index (χ0) is 23.7. The SMILES string of the molecule is O=C(O)Cn1c2ccccc2c2nnc(SCC(=O)N3CCN(c4ccccc4F)CC3)nc21. The van der Waals surface area contributed by atoms with Crippen molar-refractivity contribution in [1.82, 2.24) is 24.6 Å². The monoisotopic (exact) mass is 480 g/mol. The fraction of sp³-hybridized carbons (Fsp3) is 0.261. The lowest BCUT2D eigenvalue weighted by atomic mass is 10.2. The van der Waals surface area contributed by atoms with Crippen LogP contribution in [-0.4, -0.2) is 73.6 Å². The quantitative estimate of drug-likeness (QED) is 0.420. The van der Waals surface area contributed by atoms with Gasteiger partial charge in [-0.25, -0.2) is 9.37 Å². The summed E-state index contributed by atoms with van der Waals surface area (Å²) in [5.74, 6) is -1.18. The van der Waals surface area contributed by atoms with Gasteiger partial charge in [-0.2, -0.15) is 0 Å². The molecule has 0 aliphatic carbocycles. The number of carbonyl (C=O) groups is 2. The largest absolute Gasteiger partial charge is 0.480 e. The van der Waals surface area contributed by atoms with Gasteiger partial charge in [0.2, 0.25) is 11.1 Å². The van der Waals surface area contributed by atoms with Gasteiger partial charge in [0.15, 0.2) is 5.65 Å². The van der Waals surface area contributed by atoms with Gasteiger partial charge in [-0.3, -0.25) is 9.59 Å². The number of thioether (sulfide) groups is 1. The fourth-order valence-electron chi connectivity index (χ4n) is 4.17. The summed E-state index contributed by atoms with van der Waals surface area (Å²) in [6.45, 7) is 1.85. The van der Waals surface area contributed by atoms with Crippen molar-refractivity contribution < 1.29 is 19.1 Å². The third-order valence-electron chi connectivity index (χ3n) is 5.80. The summed E-state index contributed by atoms with van der Waals surface area (Å²) in [7, 11) is 0. The highest BCUT2D eigenvalue weighted by Gasteiger charge is 2.23. The molecule has 0 spiro atoms. The van der Waals surface area contributed by atoms with E-state index >= 15 is 0 Å². The number of hydrogen-bond acceptors (Lipinski definition) is 7. The summed E-state index contributed by atoms with van der Waals surface area (Å²) >= 11 is 1.16. The van der Waals surface area contributed by atoms with E-state index in [1.165, 1.54) is 6.07 Å². The van der Waals surface area contributed by atoms with Gasteiger partial charge in [0.25, 0.3) is 0 Å². The molecule has 0 bridgehead atoms. The average molecular weight is 481 g/mol. The third-order valence-corrected chi connectivity index (χ3v) is 6.62. The number of aromatic nitrogens is 4. The highest BCUT2D eigenvalue weighted by molar-refractivity contribution is 7.99. The molecule has 2 aromatic carbocycles. The smallest absolute Gasteiger partial charge is 0.323 e. The van der Waals surface area contributed by atoms with Crippen molar-refractivity contribution in [3.8, 4) is 0 Å². The molecule has 0 saturated carbocycles. The molecule has 1 aliphatic rings. The van der Waals surface area contributed by atoms with Crippen LogP contribution in [0.5, 0.6) is 0 Å². The van der Waals surface area contributed by atoms with Gasteiger partial charge in [0, 0.05) is 31.6 Å². The normalized spacial score (nSPS) is 14.1. The maximum Gasteiger partial charge on any atom is 0.323 e. The number of halogens is 1. The molecule has 1 amide bonds. The molecule has 174 valence electrons. The van der Waals surface area contributed by atoms with E-state index in [4.69, 9.17) is 0 Å². The van der Waals surface area contributed by atoms with Gasteiger partial charge < -0.3 is 19.5 Å². The molecule has 11 heteroatoms. The maximum absolute atomic E-state index is 14.0. The van der Waals surface area contributed by atoms with Crippen LogP contribution < -0.4 is 4.90 Å². The van der Waals surface area contributed by atoms with Crippen molar-refractivity contribution >= 4 is 51.4 Å². The molecule has 1 saturated heterocycles. The van der Waals surface area contributed by atoms with Crippen LogP contribution in [0, 0.1) is 5.82 Å². The standard InChI is InChI=1S/C23H21FN6O3S/c24-16-6-2-4-8-18(16)28-9-11-29(12-10-28)19(31)14-34-23-25-22-21(26-27-23)15-5-1-3-7-17(15)30(22)13-20(32)33/h1-8H,9-14H2,(H,32,33). The van der Waals surface area contributed by atoms with E-state index in [9.17, 15) is 19.1 Å². The number of anilines is 1. The lowest BCUT2D eigenvalue weighted by molar-refractivity contribution is -0.137. The van der Waals surface area contributed by atoms with Crippen molar-refractivity contribution in [2.75, 3.05) is 36.8 Å². The summed E-state index contributed by atoms with van der Waals surface area (Å²) in [6, 6.07) is 14.0. The van der Waals surface area contributed by atoms with E-state index in [0.717, 1.165) is 17.1 Å². The number of carboxylic acid groups (broad SMARTS) is 1. The lowest BCUT2D eigenvalue weighted by Crippen LogP contribution is -2.49. The number of hydrogen-bond donors (Lipinski definition) is 1. The molecule has 34 heavy (non-hydrogen) atoms. The number of carboxylic acids is 1. The van der Waals surface area contributed by atoms with Crippen LogP contribution in [0.25, 0.3) is 22.1 Å². The van der Waals surface area contributed by atoms with E-state index in [1.807, 2.05) is 29.2 Å². The number of para-hydroxylation sites is 2. The van der Waals surface area contributed by atoms with E-state index in [-0.39, 0.29) is 24.0 Å². The van der Waals surface area contributed by atoms with Crippen LogP contribution in [0.2, 0.25) is 0 Å². The molecule has 3 heterocycles. The fourth-order valence-corrected chi connectivity index (χ4v) is 4.85. The molecule has 0 atom stereocenters. The minimum atomic E-state index is -0.986. The summed E-state index contributed by atoms with van der Waals surface area (Å²) in [5, 5.41) is 18.8. The molecule has 4 aromatic rings. The summed E-state index contributed by atoms with van der Waals surface area (Å²) in [4.78, 5) is 32.3. The van der Waals surface area contributed by atoms with Gasteiger partial charge in [-0.05, 0) is 18.2 Å². The van der Waals surface area contributed by atoms with Crippen LogP contribution in [0.3, 0.4) is 0 Å². The number of aliphatic carboxylic acids is 1. The highest BCUT2D eigenvalue weighted by atomic mass is 32.2. The minimum Gasteiger partial charge on any atom is -0.480 e. The molecule has 1 N–H and O–H groups in total. The van der Waals surface area contributed by atoms with Crippen LogP contribution in [0.4, 0.5) is 10.1 Å². The molecule has 9 nitrogen and oxygen atoms in total. The van der Waals surface area contributed by atoms with Gasteiger partial charge in [-0.1, -0.05) is 42.1 Å². The molecule has 0 unspecified atom stereocenters. The first kappa shape index (κ1) is 22.1. The molecule has 1 fully saturated rings. The molecule has 1 aliphatic heterocycles. The average Bonchev–Trinajstić information content (AvgIpc) is 3.15. The third kappa shape index (κ3) is 4.26. The molecule has 0 radical (unpaired) electrons. The second-order valence-electron chi connectivity index (χ2n) is 7.87. The maximum atomic E-state index is 14.0. The van der Waals surface area contributed by atoms with Crippen LogP contribution in [0.1, 0.15) is 0 Å². The predicted octanol–water partition coefficient (Wildman–Crippen LogP) is 2.64. The van der Waals surface area contributed by atoms with Gasteiger partial charge in [0.05, 0.1) is 17.0 Å². The number of piperazine rings is 1. The van der Waals surface area contributed by atoms with Crippen molar-refractivity contribution in [2.24, 2.45) is 0 Å². The second-order valence-corrected chi connectivity index (χ2v) is 8.81. The van der Waals surface area contributed by atoms with Crippen molar-refractivity contribution in [2.45, 2.75) is 11.7 Å². The Morgan fingerprint density at radius 2 is 1.74 bits per heavy atom. The van der Waals surface area contributed by atoms with E-state index < -0.39 is 5.97 Å². The summed E-state index contributed by atoms with van der Waals surface area (Å²) in [6.07, 6.45) is 0. The second kappa shape index (κ2) is 9.26.